The molecule has 0 unspecified atom stereocenters. The third-order valence-corrected chi connectivity index (χ3v) is 4.46. The third-order valence-electron chi connectivity index (χ3n) is 4.15. The van der Waals surface area contributed by atoms with Gasteiger partial charge in [0.05, 0.1) is 42.1 Å². The lowest BCUT2D eigenvalue weighted by Gasteiger charge is -2.13. The molecule has 0 spiro atoms. The van der Waals surface area contributed by atoms with Crippen LogP contribution in [0.3, 0.4) is 0 Å². The number of hydrogen-bond acceptors (Lipinski definition) is 5. The van der Waals surface area contributed by atoms with Gasteiger partial charge >= 0.3 is 0 Å². The van der Waals surface area contributed by atoms with E-state index in [2.05, 4.69) is 15.4 Å². The Labute approximate surface area is 162 Å². The van der Waals surface area contributed by atoms with Crippen LogP contribution in [0.1, 0.15) is 35.9 Å². The molecule has 0 saturated heterocycles. The molecule has 0 bridgehead atoms. The van der Waals surface area contributed by atoms with Gasteiger partial charge in [-0.05, 0) is 26.8 Å². The van der Waals surface area contributed by atoms with Crippen molar-refractivity contribution in [2.24, 2.45) is 0 Å². The van der Waals surface area contributed by atoms with Crippen LogP contribution >= 0.6 is 11.6 Å². The zero-order chi connectivity index (χ0) is 19.7. The fourth-order valence-corrected chi connectivity index (χ4v) is 3.05. The monoisotopic (exact) mass is 388 g/mol. The SMILES string of the molecule is COc1cc(Cl)c(NC(=O)c2cc(C)nc3c2cnn3C(C)C)cc1OC. The molecule has 2 aromatic heterocycles. The lowest BCUT2D eigenvalue weighted by atomic mass is 10.1. The molecule has 0 aliphatic heterocycles. The van der Waals surface area contributed by atoms with Crippen LogP contribution in [0, 0.1) is 6.92 Å². The highest BCUT2D eigenvalue weighted by molar-refractivity contribution is 6.34. The van der Waals surface area contributed by atoms with Gasteiger partial charge in [0.25, 0.3) is 5.91 Å². The van der Waals surface area contributed by atoms with E-state index in [1.807, 2.05) is 20.8 Å². The Morgan fingerprint density at radius 2 is 1.85 bits per heavy atom. The summed E-state index contributed by atoms with van der Waals surface area (Å²) < 4.78 is 12.3. The van der Waals surface area contributed by atoms with Gasteiger partial charge in [-0.3, -0.25) is 4.79 Å². The Balaban J connectivity index is 2.02. The average molecular weight is 389 g/mol. The number of rotatable bonds is 5. The van der Waals surface area contributed by atoms with Crippen molar-refractivity contribution in [1.29, 1.82) is 0 Å². The second-order valence-electron chi connectivity index (χ2n) is 6.37. The Kier molecular flexibility index (Phi) is 5.23. The highest BCUT2D eigenvalue weighted by Crippen LogP contribution is 2.36. The van der Waals surface area contributed by atoms with Crippen molar-refractivity contribution in [3.63, 3.8) is 0 Å². The van der Waals surface area contributed by atoms with Crippen LogP contribution < -0.4 is 14.8 Å². The quantitative estimate of drug-likeness (QED) is 0.707. The summed E-state index contributed by atoms with van der Waals surface area (Å²) in [6.07, 6.45) is 1.66. The predicted octanol–water partition coefficient (Wildman–Crippen LogP) is 4.24. The van der Waals surface area contributed by atoms with E-state index in [4.69, 9.17) is 21.1 Å². The molecular formula is C19H21ClN4O3. The summed E-state index contributed by atoms with van der Waals surface area (Å²) in [6, 6.07) is 5.09. The Hall–Kier alpha value is -2.80. The van der Waals surface area contributed by atoms with Crippen LogP contribution in [0.2, 0.25) is 5.02 Å². The number of anilines is 1. The van der Waals surface area contributed by atoms with E-state index < -0.39 is 0 Å². The fourth-order valence-electron chi connectivity index (χ4n) is 2.85. The van der Waals surface area contributed by atoms with Crippen molar-refractivity contribution >= 4 is 34.2 Å². The summed E-state index contributed by atoms with van der Waals surface area (Å²) >= 11 is 6.28. The van der Waals surface area contributed by atoms with Gasteiger partial charge in [-0.1, -0.05) is 11.6 Å². The second-order valence-corrected chi connectivity index (χ2v) is 6.78. The maximum absolute atomic E-state index is 13.0. The molecule has 1 aromatic carbocycles. The molecule has 0 fully saturated rings. The summed E-state index contributed by atoms with van der Waals surface area (Å²) in [5.74, 6) is 0.657. The Morgan fingerprint density at radius 1 is 1.19 bits per heavy atom. The van der Waals surface area contributed by atoms with Gasteiger partial charge < -0.3 is 14.8 Å². The average Bonchev–Trinajstić information content (AvgIpc) is 3.06. The van der Waals surface area contributed by atoms with E-state index in [0.29, 0.717) is 38.8 Å². The summed E-state index contributed by atoms with van der Waals surface area (Å²) in [6.45, 7) is 5.87. The number of benzene rings is 1. The molecule has 3 rings (SSSR count). The fraction of sp³-hybridized carbons (Fsp3) is 0.316. The summed E-state index contributed by atoms with van der Waals surface area (Å²) in [7, 11) is 3.04. The molecular weight excluding hydrogens is 368 g/mol. The standard InChI is InChI=1S/C19H21ClN4O3/c1-10(2)24-18-13(9-21-24)12(6-11(3)22-18)19(25)23-15-8-17(27-5)16(26-4)7-14(15)20/h6-10H,1-5H3,(H,23,25). The van der Waals surface area contributed by atoms with Crippen molar-refractivity contribution in [1.82, 2.24) is 14.8 Å². The first-order valence-electron chi connectivity index (χ1n) is 8.43. The maximum Gasteiger partial charge on any atom is 0.256 e. The van der Waals surface area contributed by atoms with E-state index in [-0.39, 0.29) is 11.9 Å². The van der Waals surface area contributed by atoms with E-state index >= 15 is 0 Å². The minimum atomic E-state index is -0.303. The van der Waals surface area contributed by atoms with Gasteiger partial charge in [-0.25, -0.2) is 9.67 Å². The van der Waals surface area contributed by atoms with Gasteiger partial charge in [-0.2, -0.15) is 5.10 Å². The van der Waals surface area contributed by atoms with Crippen molar-refractivity contribution in [2.45, 2.75) is 26.8 Å². The maximum atomic E-state index is 13.0. The number of methoxy groups -OCH3 is 2. The van der Waals surface area contributed by atoms with Gasteiger partial charge in [0.15, 0.2) is 17.1 Å². The zero-order valence-electron chi connectivity index (χ0n) is 15.8. The number of aryl methyl sites for hydroxylation is 1. The molecule has 0 aliphatic carbocycles. The van der Waals surface area contributed by atoms with Crippen LogP contribution in [-0.4, -0.2) is 34.9 Å². The van der Waals surface area contributed by atoms with Crippen LogP contribution in [0.25, 0.3) is 11.0 Å². The zero-order valence-corrected chi connectivity index (χ0v) is 16.6. The molecule has 2 heterocycles. The summed E-state index contributed by atoms with van der Waals surface area (Å²) in [5.41, 5.74) is 2.32. The third kappa shape index (κ3) is 3.55. The second kappa shape index (κ2) is 7.44. The van der Waals surface area contributed by atoms with Crippen LogP contribution in [0.15, 0.2) is 24.4 Å². The lowest BCUT2D eigenvalue weighted by molar-refractivity contribution is 0.102. The van der Waals surface area contributed by atoms with Gasteiger partial charge in [0.1, 0.15) is 0 Å². The molecule has 142 valence electrons. The highest BCUT2D eigenvalue weighted by atomic mass is 35.5. The van der Waals surface area contributed by atoms with Gasteiger partial charge in [0.2, 0.25) is 0 Å². The number of carbonyl (C=O) groups is 1. The van der Waals surface area contributed by atoms with E-state index in [0.717, 1.165) is 5.69 Å². The largest absolute Gasteiger partial charge is 0.493 e. The first kappa shape index (κ1) is 19.0. The number of aromatic nitrogens is 3. The Bertz CT molecular complexity index is 1010. The summed E-state index contributed by atoms with van der Waals surface area (Å²) in [4.78, 5) is 17.5. The smallest absolute Gasteiger partial charge is 0.256 e. The number of fused-ring (bicyclic) bond motifs is 1. The van der Waals surface area contributed by atoms with Crippen molar-refractivity contribution in [3.8, 4) is 11.5 Å². The van der Waals surface area contributed by atoms with Crippen molar-refractivity contribution in [3.05, 3.63) is 40.7 Å². The topological polar surface area (TPSA) is 78.3 Å². The predicted molar refractivity (Wildman–Crippen MR) is 105 cm³/mol. The first-order chi connectivity index (χ1) is 12.8. The minimum Gasteiger partial charge on any atom is -0.493 e. The van der Waals surface area contributed by atoms with Gasteiger partial charge in [-0.15, -0.1) is 0 Å². The number of amides is 1. The minimum absolute atomic E-state index is 0.132. The normalized spacial score (nSPS) is 11.1. The molecule has 0 aliphatic rings. The van der Waals surface area contributed by atoms with Crippen molar-refractivity contribution in [2.75, 3.05) is 19.5 Å². The molecule has 7 nitrogen and oxygen atoms in total. The number of nitrogens with zero attached hydrogens (tertiary/aromatic N) is 3. The van der Waals surface area contributed by atoms with Crippen LogP contribution in [-0.2, 0) is 0 Å². The van der Waals surface area contributed by atoms with Gasteiger partial charge in [0, 0.05) is 23.9 Å². The highest BCUT2D eigenvalue weighted by Gasteiger charge is 2.19. The number of nitrogens with one attached hydrogen (secondary N) is 1. The van der Waals surface area contributed by atoms with E-state index in [1.54, 1.807) is 29.1 Å². The number of hydrogen-bond donors (Lipinski definition) is 1. The molecule has 0 radical (unpaired) electrons. The van der Waals surface area contributed by atoms with E-state index in [1.165, 1.54) is 14.2 Å². The molecule has 1 N–H and O–H groups in total. The van der Waals surface area contributed by atoms with Crippen molar-refractivity contribution < 1.29 is 14.3 Å². The number of carbonyl (C=O) groups excluding carboxylic acids is 1. The summed E-state index contributed by atoms with van der Waals surface area (Å²) in [5, 5.41) is 8.24. The lowest BCUT2D eigenvalue weighted by Crippen LogP contribution is -2.14. The molecule has 3 aromatic rings. The number of pyridine rings is 1. The molecule has 0 atom stereocenters. The molecule has 0 saturated carbocycles. The number of ether oxygens (including phenoxy) is 2. The first-order valence-corrected chi connectivity index (χ1v) is 8.81. The van der Waals surface area contributed by atoms with E-state index in [9.17, 15) is 4.79 Å². The number of halogens is 1. The molecule has 8 heteroatoms. The Morgan fingerprint density at radius 3 is 2.48 bits per heavy atom. The molecule has 27 heavy (non-hydrogen) atoms. The van der Waals surface area contributed by atoms with Crippen LogP contribution in [0.5, 0.6) is 11.5 Å². The molecule has 1 amide bonds. The van der Waals surface area contributed by atoms with Crippen LogP contribution in [0.4, 0.5) is 5.69 Å².